The molecule has 0 atom stereocenters. The van der Waals surface area contributed by atoms with Crippen molar-refractivity contribution < 1.29 is 22.8 Å². The number of primary amides is 1. The van der Waals surface area contributed by atoms with Crippen LogP contribution in [0, 0.1) is 0 Å². The number of rotatable bonds is 2. The van der Waals surface area contributed by atoms with E-state index in [9.17, 15) is 22.8 Å². The van der Waals surface area contributed by atoms with Gasteiger partial charge in [0.1, 0.15) is 6.42 Å². The van der Waals surface area contributed by atoms with Gasteiger partial charge in [-0.1, -0.05) is 0 Å². The Morgan fingerprint density at radius 2 is 1.70 bits per heavy atom. The molecule has 0 unspecified atom stereocenters. The molecule has 0 aliphatic rings. The zero-order chi connectivity index (χ0) is 8.36. The first kappa shape index (κ1) is 8.93. The standard InChI is InChI=1S/C4H4F3NO2/c5-4(6,7)1-2(9)3(8)10/h1H2,(H2,8,10). The molecule has 3 nitrogen and oxygen atoms in total. The monoisotopic (exact) mass is 155 g/mol. The first-order valence-electron chi connectivity index (χ1n) is 2.22. The van der Waals surface area contributed by atoms with Gasteiger partial charge >= 0.3 is 6.18 Å². The number of amides is 1. The van der Waals surface area contributed by atoms with Crippen molar-refractivity contribution in [1.82, 2.24) is 0 Å². The van der Waals surface area contributed by atoms with E-state index < -0.39 is 24.3 Å². The van der Waals surface area contributed by atoms with Gasteiger partial charge < -0.3 is 5.73 Å². The lowest BCUT2D eigenvalue weighted by Crippen LogP contribution is -2.27. The maximum absolute atomic E-state index is 11.2. The van der Waals surface area contributed by atoms with Crippen LogP contribution in [0.2, 0.25) is 0 Å². The van der Waals surface area contributed by atoms with Crippen molar-refractivity contribution in [3.8, 4) is 0 Å². The van der Waals surface area contributed by atoms with Gasteiger partial charge in [0.05, 0.1) is 0 Å². The third-order valence-electron chi connectivity index (χ3n) is 0.636. The van der Waals surface area contributed by atoms with Gasteiger partial charge in [-0.25, -0.2) is 0 Å². The molecule has 0 aromatic heterocycles. The molecular formula is C4H4F3NO2. The van der Waals surface area contributed by atoms with E-state index in [1.54, 1.807) is 0 Å². The fraction of sp³-hybridized carbons (Fsp3) is 0.500. The lowest BCUT2D eigenvalue weighted by molar-refractivity contribution is -0.157. The Morgan fingerprint density at radius 3 is 1.80 bits per heavy atom. The second kappa shape index (κ2) is 2.68. The van der Waals surface area contributed by atoms with Crippen molar-refractivity contribution in [3.05, 3.63) is 0 Å². The normalized spacial score (nSPS) is 11.1. The number of halogens is 3. The molecule has 0 radical (unpaired) electrons. The van der Waals surface area contributed by atoms with Gasteiger partial charge in [0, 0.05) is 0 Å². The number of carbonyl (C=O) groups excluding carboxylic acids is 2. The first-order valence-corrected chi connectivity index (χ1v) is 2.22. The Morgan fingerprint density at radius 1 is 1.30 bits per heavy atom. The maximum Gasteiger partial charge on any atom is 0.396 e. The number of alkyl halides is 3. The van der Waals surface area contributed by atoms with Gasteiger partial charge in [-0.05, 0) is 0 Å². The summed E-state index contributed by atoms with van der Waals surface area (Å²) in [6, 6.07) is 0. The van der Waals surface area contributed by atoms with Gasteiger partial charge in [0.15, 0.2) is 0 Å². The van der Waals surface area contributed by atoms with Crippen LogP contribution < -0.4 is 5.73 Å². The van der Waals surface area contributed by atoms with Crippen molar-refractivity contribution in [1.29, 1.82) is 0 Å². The minimum Gasteiger partial charge on any atom is -0.363 e. The highest BCUT2D eigenvalue weighted by molar-refractivity contribution is 6.35. The lowest BCUT2D eigenvalue weighted by Gasteiger charge is -2.00. The highest BCUT2D eigenvalue weighted by Crippen LogP contribution is 2.19. The predicted molar refractivity (Wildman–Crippen MR) is 24.9 cm³/mol. The van der Waals surface area contributed by atoms with Crippen LogP contribution in [0.4, 0.5) is 13.2 Å². The highest BCUT2D eigenvalue weighted by atomic mass is 19.4. The molecule has 6 heteroatoms. The highest BCUT2D eigenvalue weighted by Gasteiger charge is 2.32. The van der Waals surface area contributed by atoms with E-state index in [0.29, 0.717) is 0 Å². The molecule has 0 aliphatic heterocycles. The lowest BCUT2D eigenvalue weighted by atomic mass is 10.3. The summed E-state index contributed by atoms with van der Waals surface area (Å²) < 4.78 is 33.7. The third-order valence-corrected chi connectivity index (χ3v) is 0.636. The van der Waals surface area contributed by atoms with Gasteiger partial charge in [-0.3, -0.25) is 9.59 Å². The van der Waals surface area contributed by atoms with Crippen LogP contribution >= 0.6 is 0 Å². The average molecular weight is 155 g/mol. The van der Waals surface area contributed by atoms with E-state index in [4.69, 9.17) is 0 Å². The van der Waals surface area contributed by atoms with Gasteiger partial charge in [0.2, 0.25) is 5.78 Å². The first-order chi connectivity index (χ1) is 4.33. The third kappa shape index (κ3) is 3.88. The SMILES string of the molecule is NC(=O)C(=O)CC(F)(F)F. The number of Topliss-reactive ketones (excluding diaryl/α,β-unsaturated/α-hetero) is 1. The molecule has 58 valence electrons. The van der Waals surface area contributed by atoms with Crippen LogP contribution in [-0.2, 0) is 9.59 Å². The quantitative estimate of drug-likeness (QED) is 0.570. The molecule has 0 fully saturated rings. The smallest absolute Gasteiger partial charge is 0.363 e. The molecule has 0 saturated heterocycles. The summed E-state index contributed by atoms with van der Waals surface area (Å²) >= 11 is 0. The molecule has 1 amide bonds. The van der Waals surface area contributed by atoms with Crippen LogP contribution in [0.15, 0.2) is 0 Å². The summed E-state index contributed by atoms with van der Waals surface area (Å²) in [5.74, 6) is -3.18. The summed E-state index contributed by atoms with van der Waals surface area (Å²) in [6.45, 7) is 0. The molecule has 0 aliphatic carbocycles. The Bertz CT molecular complexity index is 162. The number of nitrogens with two attached hydrogens (primary N) is 1. The van der Waals surface area contributed by atoms with Crippen LogP contribution in [0.25, 0.3) is 0 Å². The molecule has 0 aromatic carbocycles. The van der Waals surface area contributed by atoms with E-state index in [0.717, 1.165) is 0 Å². The molecule has 0 saturated carbocycles. The van der Waals surface area contributed by atoms with Crippen LogP contribution in [0.5, 0.6) is 0 Å². The molecule has 0 aromatic rings. The van der Waals surface area contributed by atoms with Crippen molar-refractivity contribution in [2.45, 2.75) is 12.6 Å². The van der Waals surface area contributed by atoms with E-state index >= 15 is 0 Å². The van der Waals surface area contributed by atoms with E-state index in [1.807, 2.05) is 0 Å². The van der Waals surface area contributed by atoms with Crippen LogP contribution in [0.1, 0.15) is 6.42 Å². The topological polar surface area (TPSA) is 60.2 Å². The second-order valence-electron chi connectivity index (χ2n) is 1.58. The number of carbonyl (C=O) groups is 2. The minimum absolute atomic E-state index is 1.56. The summed E-state index contributed by atoms with van der Waals surface area (Å²) in [6.07, 6.45) is -6.42. The van der Waals surface area contributed by atoms with E-state index in [1.165, 1.54) is 0 Å². The number of hydrogen-bond donors (Lipinski definition) is 1. The van der Waals surface area contributed by atoms with Crippen molar-refractivity contribution in [2.24, 2.45) is 5.73 Å². The fourth-order valence-corrected chi connectivity index (χ4v) is 0.269. The van der Waals surface area contributed by atoms with Crippen LogP contribution in [-0.4, -0.2) is 17.9 Å². The summed E-state index contributed by atoms with van der Waals surface area (Å²) in [5.41, 5.74) is 4.25. The van der Waals surface area contributed by atoms with Gasteiger partial charge in [-0.15, -0.1) is 0 Å². The van der Waals surface area contributed by atoms with E-state index in [2.05, 4.69) is 5.73 Å². The molecule has 10 heavy (non-hydrogen) atoms. The Labute approximate surface area is 54.0 Å². The predicted octanol–water partition coefficient (Wildman–Crippen LogP) is -0.00680. The van der Waals surface area contributed by atoms with Gasteiger partial charge in [0.25, 0.3) is 5.91 Å². The second-order valence-corrected chi connectivity index (χ2v) is 1.58. The van der Waals surface area contributed by atoms with Crippen molar-refractivity contribution in [2.75, 3.05) is 0 Å². The average Bonchev–Trinajstić information content (AvgIpc) is 1.60. The van der Waals surface area contributed by atoms with E-state index in [-0.39, 0.29) is 0 Å². The van der Waals surface area contributed by atoms with Crippen molar-refractivity contribution >= 4 is 11.7 Å². The van der Waals surface area contributed by atoms with Crippen molar-refractivity contribution in [3.63, 3.8) is 0 Å². The molecule has 0 bridgehead atoms. The minimum atomic E-state index is -4.65. The van der Waals surface area contributed by atoms with Gasteiger partial charge in [-0.2, -0.15) is 13.2 Å². The molecule has 2 N–H and O–H groups in total. The number of hydrogen-bond acceptors (Lipinski definition) is 2. The Hall–Kier alpha value is -1.07. The zero-order valence-corrected chi connectivity index (χ0v) is 4.73. The molecular weight excluding hydrogens is 151 g/mol. The molecule has 0 rings (SSSR count). The summed E-state index contributed by atoms with van der Waals surface area (Å²) in [4.78, 5) is 19.7. The maximum atomic E-state index is 11.2. The molecule has 0 spiro atoms. The fourth-order valence-electron chi connectivity index (χ4n) is 0.269. The number of ketones is 1. The van der Waals surface area contributed by atoms with Crippen LogP contribution in [0.3, 0.4) is 0 Å². The Balaban J connectivity index is 3.93. The zero-order valence-electron chi connectivity index (χ0n) is 4.73. The largest absolute Gasteiger partial charge is 0.396 e. The summed E-state index contributed by atoms with van der Waals surface area (Å²) in [7, 11) is 0. The molecule has 0 heterocycles. The Kier molecular flexibility index (Phi) is 2.39. The summed E-state index contributed by atoms with van der Waals surface area (Å²) in [5, 5.41) is 0.